The van der Waals surface area contributed by atoms with Crippen LogP contribution in [0.4, 0.5) is 0 Å². The van der Waals surface area contributed by atoms with Crippen molar-refractivity contribution in [1.82, 2.24) is 10.6 Å². The number of nitrogens with one attached hydrogen (secondary N) is 2. The quantitative estimate of drug-likeness (QED) is 0.389. The fraction of sp³-hybridized carbons (Fsp3) is 0.333. The van der Waals surface area contributed by atoms with Gasteiger partial charge < -0.3 is 0 Å². The zero-order valence-corrected chi connectivity index (χ0v) is 2.71. The summed E-state index contributed by atoms with van der Waals surface area (Å²) < 4.78 is 0. The van der Waals surface area contributed by atoms with Crippen LogP contribution in [0.5, 0.6) is 0 Å². The second-order valence-electron chi connectivity index (χ2n) is 0.780. The first-order valence-electron chi connectivity index (χ1n) is 1.46. The van der Waals surface area contributed by atoms with Crippen LogP contribution in [0.3, 0.4) is 0 Å². The van der Waals surface area contributed by atoms with Crippen molar-refractivity contribution in [1.29, 1.82) is 0 Å². The Bertz CT molecular complexity index is 16.5. The van der Waals surface area contributed by atoms with Crippen molar-refractivity contribution in [3.05, 3.63) is 13.2 Å². The van der Waals surface area contributed by atoms with E-state index in [9.17, 15) is 0 Å². The van der Waals surface area contributed by atoms with Gasteiger partial charge in [-0.05, 0) is 0 Å². The highest BCUT2D eigenvalue weighted by Crippen LogP contribution is 1.75. The minimum atomic E-state index is 0.778. The van der Waals surface area contributed by atoms with Crippen molar-refractivity contribution in [3.63, 3.8) is 0 Å². The molecule has 1 rings (SSSR count). The van der Waals surface area contributed by atoms with Crippen LogP contribution in [0.1, 0.15) is 0 Å². The largest absolute Gasteiger partial charge is 0.292 e. The predicted octanol–water partition coefficient (Wildman–Crippen LogP) is -0.786. The zero-order chi connectivity index (χ0) is 3.54. The lowest BCUT2D eigenvalue weighted by Gasteiger charge is -1.72. The summed E-state index contributed by atoms with van der Waals surface area (Å²) >= 11 is 0. The van der Waals surface area contributed by atoms with Crippen LogP contribution in [0.2, 0.25) is 0 Å². The lowest BCUT2D eigenvalue weighted by molar-refractivity contribution is 0.946. The van der Waals surface area contributed by atoms with E-state index in [-0.39, 0.29) is 0 Å². The third kappa shape index (κ3) is 0.597. The first kappa shape index (κ1) is 3.12. The van der Waals surface area contributed by atoms with Gasteiger partial charge in [0.1, 0.15) is 6.67 Å². The molecule has 0 aromatic heterocycles. The lowest BCUT2D eigenvalue weighted by atomic mass is 10.7. The highest BCUT2D eigenvalue weighted by Gasteiger charge is 1.94. The Kier molecular flexibility index (Phi) is 0.862. The molecular weight excluding hydrogens is 64.0 g/mol. The van der Waals surface area contributed by atoms with E-state index in [0.717, 1.165) is 6.54 Å². The van der Waals surface area contributed by atoms with Crippen LogP contribution < -0.4 is 10.6 Å². The zero-order valence-electron chi connectivity index (χ0n) is 2.71. The Hall–Kier alpha value is -0.0800. The Morgan fingerprint density at radius 2 is 2.60 bits per heavy atom. The molecule has 0 aromatic rings. The van der Waals surface area contributed by atoms with Crippen molar-refractivity contribution in [2.75, 3.05) is 6.54 Å². The molecule has 2 N–H and O–H groups in total. The maximum Gasteiger partial charge on any atom is 0.141 e. The van der Waals surface area contributed by atoms with Crippen molar-refractivity contribution >= 4 is 0 Å². The van der Waals surface area contributed by atoms with E-state index in [2.05, 4.69) is 23.8 Å². The van der Waals surface area contributed by atoms with Gasteiger partial charge in [-0.15, -0.1) is 0 Å². The summed E-state index contributed by atoms with van der Waals surface area (Å²) in [5.74, 6) is 0. The van der Waals surface area contributed by atoms with Crippen LogP contribution in [0.25, 0.3) is 0 Å². The Morgan fingerprint density at radius 1 is 1.60 bits per heavy atom. The van der Waals surface area contributed by atoms with Crippen molar-refractivity contribution in [3.8, 4) is 0 Å². The van der Waals surface area contributed by atoms with Gasteiger partial charge in [0, 0.05) is 6.54 Å². The Labute approximate surface area is 31.6 Å². The molecule has 0 unspecified atom stereocenters. The molecule has 2 nitrogen and oxygen atoms in total. The summed E-state index contributed by atoms with van der Waals surface area (Å²) in [5.41, 5.74) is 0. The maximum absolute atomic E-state index is 2.75. The molecule has 5 heavy (non-hydrogen) atoms. The topological polar surface area (TPSA) is 24.1 Å². The average Bonchev–Trinajstić information content (AvgIpc) is 1.76. The van der Waals surface area contributed by atoms with Gasteiger partial charge >= 0.3 is 0 Å². The number of hydrogen-bond donors (Lipinski definition) is 2. The third-order valence-electron chi connectivity index (χ3n) is 0.416. The minimum Gasteiger partial charge on any atom is -0.292 e. The first-order chi connectivity index (χ1) is 2.50. The molecule has 1 aliphatic rings. The highest BCUT2D eigenvalue weighted by atomic mass is 15.1. The van der Waals surface area contributed by atoms with Gasteiger partial charge in [-0.3, -0.25) is 10.6 Å². The molecule has 1 fully saturated rings. The molecule has 0 saturated carbocycles. The molecule has 0 bridgehead atoms. The van der Waals surface area contributed by atoms with Gasteiger partial charge in [-0.25, -0.2) is 0 Å². The van der Waals surface area contributed by atoms with E-state index in [1.165, 1.54) is 0 Å². The first-order valence-corrected chi connectivity index (χ1v) is 1.46. The van der Waals surface area contributed by atoms with Gasteiger partial charge in [0.2, 0.25) is 0 Å². The minimum absolute atomic E-state index is 0.778. The lowest BCUT2D eigenvalue weighted by Crippen LogP contribution is -2.01. The van der Waals surface area contributed by atoms with Crippen LogP contribution in [0, 0.1) is 13.2 Å². The van der Waals surface area contributed by atoms with Crippen molar-refractivity contribution in [2.24, 2.45) is 0 Å². The van der Waals surface area contributed by atoms with Gasteiger partial charge in [0.25, 0.3) is 0 Å². The molecule has 0 atom stereocenters. The van der Waals surface area contributed by atoms with Gasteiger partial charge in [-0.1, -0.05) is 0 Å². The van der Waals surface area contributed by atoms with E-state index in [4.69, 9.17) is 0 Å². The van der Waals surface area contributed by atoms with Gasteiger partial charge in [0.15, 0.2) is 0 Å². The van der Waals surface area contributed by atoms with Gasteiger partial charge in [0.05, 0.1) is 6.54 Å². The molecule has 26 valence electrons. The second kappa shape index (κ2) is 1.38. The van der Waals surface area contributed by atoms with E-state index in [1.807, 2.05) is 0 Å². The SMILES string of the molecule is [C]1CN[C]N1. The predicted molar refractivity (Wildman–Crippen MR) is 17.6 cm³/mol. The standard InChI is InChI=1S/C3H4N2/c1-2-5-3-4-1/h4-5H,1H2. The number of hydrogen-bond acceptors (Lipinski definition) is 2. The van der Waals surface area contributed by atoms with Crippen molar-refractivity contribution in [2.45, 2.75) is 0 Å². The molecule has 2 heteroatoms. The number of rotatable bonds is 0. The second-order valence-corrected chi connectivity index (χ2v) is 0.780. The average molecular weight is 68.1 g/mol. The highest BCUT2D eigenvalue weighted by molar-refractivity contribution is 4.79. The van der Waals surface area contributed by atoms with Crippen LogP contribution in [-0.4, -0.2) is 6.54 Å². The Balaban J connectivity index is 2.08. The Morgan fingerprint density at radius 3 is 2.80 bits per heavy atom. The normalized spacial score (nSPS) is 24.0. The van der Waals surface area contributed by atoms with Gasteiger partial charge in [-0.2, -0.15) is 0 Å². The third-order valence-corrected chi connectivity index (χ3v) is 0.416. The summed E-state index contributed by atoms with van der Waals surface area (Å²) in [6, 6.07) is 0. The van der Waals surface area contributed by atoms with Crippen molar-refractivity contribution < 1.29 is 0 Å². The fourth-order valence-corrected chi connectivity index (χ4v) is 0.221. The molecule has 0 spiro atoms. The van der Waals surface area contributed by atoms with Crippen LogP contribution in [0.15, 0.2) is 0 Å². The molecule has 1 aliphatic heterocycles. The monoisotopic (exact) mass is 68.0 g/mol. The van der Waals surface area contributed by atoms with E-state index >= 15 is 0 Å². The molecule has 4 radical (unpaired) electrons. The summed E-state index contributed by atoms with van der Waals surface area (Å²) in [5, 5.41) is 5.36. The summed E-state index contributed by atoms with van der Waals surface area (Å²) in [6.07, 6.45) is 0. The molecular formula is C3H4N2. The molecule has 0 amide bonds. The summed E-state index contributed by atoms with van der Waals surface area (Å²) in [4.78, 5) is 0. The summed E-state index contributed by atoms with van der Waals surface area (Å²) in [6.45, 7) is 6.14. The van der Waals surface area contributed by atoms with E-state index < -0.39 is 0 Å². The smallest absolute Gasteiger partial charge is 0.141 e. The molecule has 0 aromatic carbocycles. The maximum atomic E-state index is 2.75. The molecule has 0 aliphatic carbocycles. The van der Waals surface area contributed by atoms with E-state index in [0.29, 0.717) is 0 Å². The molecule has 1 heterocycles. The van der Waals surface area contributed by atoms with E-state index in [1.54, 1.807) is 0 Å². The summed E-state index contributed by atoms with van der Waals surface area (Å²) in [7, 11) is 0. The van der Waals surface area contributed by atoms with Crippen LogP contribution >= 0.6 is 0 Å². The fourth-order valence-electron chi connectivity index (χ4n) is 0.221. The molecule has 1 saturated heterocycles. The van der Waals surface area contributed by atoms with Crippen LogP contribution in [-0.2, 0) is 0 Å².